The highest BCUT2D eigenvalue weighted by molar-refractivity contribution is 5.92. The maximum atomic E-state index is 11.5. The first-order valence-electron chi connectivity index (χ1n) is 5.40. The van der Waals surface area contributed by atoms with Crippen molar-refractivity contribution in [3.63, 3.8) is 0 Å². The molecule has 0 aliphatic rings. The third kappa shape index (κ3) is 1.92. The van der Waals surface area contributed by atoms with Crippen molar-refractivity contribution in [3.05, 3.63) is 35.4 Å². The second-order valence-electron chi connectivity index (χ2n) is 3.91. The molecule has 0 atom stereocenters. The summed E-state index contributed by atoms with van der Waals surface area (Å²) in [6, 6.07) is 3.74. The van der Waals surface area contributed by atoms with Crippen LogP contribution >= 0.6 is 0 Å². The molecule has 0 bridgehead atoms. The minimum Gasteiger partial charge on any atom is -0.464 e. The van der Waals surface area contributed by atoms with Gasteiger partial charge < -0.3 is 10.5 Å². The van der Waals surface area contributed by atoms with Gasteiger partial charge >= 0.3 is 5.97 Å². The summed E-state index contributed by atoms with van der Waals surface area (Å²) < 4.78 is 6.24. The first kappa shape index (κ1) is 12.1. The normalized spacial score (nSPS) is 10.4. The number of rotatable bonds is 2. The number of anilines is 1. The third-order valence-electron chi connectivity index (χ3n) is 2.58. The average Bonchev–Trinajstić information content (AvgIpc) is 2.65. The zero-order chi connectivity index (χ0) is 13.3. The molecule has 0 aromatic carbocycles. The van der Waals surface area contributed by atoms with E-state index >= 15 is 0 Å². The van der Waals surface area contributed by atoms with E-state index in [4.69, 9.17) is 5.73 Å². The summed E-state index contributed by atoms with van der Waals surface area (Å²) in [7, 11) is 1.29. The van der Waals surface area contributed by atoms with Crippen molar-refractivity contribution >= 4 is 11.8 Å². The highest BCUT2D eigenvalue weighted by atomic mass is 16.5. The molecule has 6 heteroatoms. The van der Waals surface area contributed by atoms with E-state index < -0.39 is 5.97 Å². The maximum Gasteiger partial charge on any atom is 0.360 e. The number of nitrogens with two attached hydrogens (primary N) is 1. The summed E-state index contributed by atoms with van der Waals surface area (Å²) in [6.07, 6.45) is 1.73. The number of carbonyl (C=O) groups is 1. The quantitative estimate of drug-likeness (QED) is 0.806. The van der Waals surface area contributed by atoms with E-state index in [0.717, 1.165) is 5.56 Å². The molecular formula is C12H14N4O2. The van der Waals surface area contributed by atoms with Crippen molar-refractivity contribution in [3.8, 4) is 5.82 Å². The van der Waals surface area contributed by atoms with Crippen molar-refractivity contribution in [1.82, 2.24) is 14.5 Å². The van der Waals surface area contributed by atoms with Crippen molar-refractivity contribution in [2.75, 3.05) is 12.8 Å². The van der Waals surface area contributed by atoms with Gasteiger partial charge in [0.1, 0.15) is 17.5 Å². The molecule has 0 aliphatic heterocycles. The Morgan fingerprint density at radius 3 is 2.67 bits per heavy atom. The summed E-state index contributed by atoms with van der Waals surface area (Å²) >= 11 is 0. The molecule has 6 nitrogen and oxygen atoms in total. The van der Waals surface area contributed by atoms with Gasteiger partial charge in [0.15, 0.2) is 5.69 Å². The third-order valence-corrected chi connectivity index (χ3v) is 2.58. The monoisotopic (exact) mass is 246 g/mol. The number of nitrogen functional groups attached to an aromatic ring is 1. The topological polar surface area (TPSA) is 83.0 Å². The van der Waals surface area contributed by atoms with Crippen LogP contribution in [0, 0.1) is 13.8 Å². The number of esters is 1. The SMILES string of the molecule is COC(=O)c1nc(C)n(-c2ccc(C)cn2)c1N. The number of methoxy groups -OCH3 is 1. The molecule has 0 unspecified atom stereocenters. The molecule has 2 heterocycles. The largest absolute Gasteiger partial charge is 0.464 e. The Morgan fingerprint density at radius 1 is 1.39 bits per heavy atom. The van der Waals surface area contributed by atoms with Crippen molar-refractivity contribution in [2.45, 2.75) is 13.8 Å². The van der Waals surface area contributed by atoms with Gasteiger partial charge in [0, 0.05) is 6.20 Å². The molecule has 94 valence electrons. The fourth-order valence-corrected chi connectivity index (χ4v) is 1.68. The van der Waals surface area contributed by atoms with E-state index in [9.17, 15) is 4.79 Å². The highest BCUT2D eigenvalue weighted by Gasteiger charge is 2.20. The van der Waals surface area contributed by atoms with E-state index in [1.54, 1.807) is 17.7 Å². The molecule has 0 fully saturated rings. The van der Waals surface area contributed by atoms with Crippen LogP contribution in [0.25, 0.3) is 5.82 Å². The number of hydrogen-bond donors (Lipinski definition) is 1. The van der Waals surface area contributed by atoms with E-state index in [-0.39, 0.29) is 11.5 Å². The lowest BCUT2D eigenvalue weighted by Gasteiger charge is -2.06. The number of imidazole rings is 1. The Hall–Kier alpha value is -2.37. The van der Waals surface area contributed by atoms with Crippen LogP contribution in [0.15, 0.2) is 18.3 Å². The number of aryl methyl sites for hydroxylation is 2. The number of nitrogens with zero attached hydrogens (tertiary/aromatic N) is 3. The number of ether oxygens (including phenoxy) is 1. The van der Waals surface area contributed by atoms with Crippen LogP contribution in [0.5, 0.6) is 0 Å². The Balaban J connectivity index is 2.55. The number of carbonyl (C=O) groups excluding carboxylic acids is 1. The van der Waals surface area contributed by atoms with E-state index in [2.05, 4.69) is 14.7 Å². The molecule has 0 amide bonds. The van der Waals surface area contributed by atoms with Gasteiger partial charge in [0.2, 0.25) is 0 Å². The molecule has 2 aromatic heterocycles. The van der Waals surface area contributed by atoms with Gasteiger partial charge in [-0.05, 0) is 25.5 Å². The molecule has 0 spiro atoms. The van der Waals surface area contributed by atoms with Crippen LogP contribution in [-0.2, 0) is 4.74 Å². The van der Waals surface area contributed by atoms with Gasteiger partial charge in [-0.2, -0.15) is 0 Å². The van der Waals surface area contributed by atoms with Crippen LogP contribution in [0.1, 0.15) is 21.9 Å². The van der Waals surface area contributed by atoms with Crippen LogP contribution in [-0.4, -0.2) is 27.6 Å². The fourth-order valence-electron chi connectivity index (χ4n) is 1.68. The molecule has 0 aliphatic carbocycles. The number of hydrogen-bond acceptors (Lipinski definition) is 5. The number of aromatic nitrogens is 3. The highest BCUT2D eigenvalue weighted by Crippen LogP contribution is 2.19. The van der Waals surface area contributed by atoms with Gasteiger partial charge in [-0.15, -0.1) is 0 Å². The second-order valence-corrected chi connectivity index (χ2v) is 3.91. The predicted octanol–water partition coefficient (Wildman–Crippen LogP) is 1.25. The Labute approximate surface area is 104 Å². The molecule has 2 aromatic rings. The second kappa shape index (κ2) is 4.48. The molecule has 2 rings (SSSR count). The van der Waals surface area contributed by atoms with Gasteiger partial charge in [0.25, 0.3) is 0 Å². The zero-order valence-electron chi connectivity index (χ0n) is 10.5. The van der Waals surface area contributed by atoms with E-state index in [1.165, 1.54) is 7.11 Å². The van der Waals surface area contributed by atoms with E-state index in [1.807, 2.05) is 19.1 Å². The molecule has 0 saturated heterocycles. The predicted molar refractivity (Wildman–Crippen MR) is 66.6 cm³/mol. The van der Waals surface area contributed by atoms with Crippen molar-refractivity contribution in [1.29, 1.82) is 0 Å². The minimum absolute atomic E-state index is 0.109. The fraction of sp³-hybridized carbons (Fsp3) is 0.250. The van der Waals surface area contributed by atoms with Crippen molar-refractivity contribution in [2.24, 2.45) is 0 Å². The van der Waals surface area contributed by atoms with Crippen LogP contribution in [0.3, 0.4) is 0 Å². The van der Waals surface area contributed by atoms with Crippen molar-refractivity contribution < 1.29 is 9.53 Å². The summed E-state index contributed by atoms with van der Waals surface area (Å²) in [5, 5.41) is 0. The van der Waals surface area contributed by atoms with Gasteiger partial charge in [-0.3, -0.25) is 4.57 Å². The summed E-state index contributed by atoms with van der Waals surface area (Å²) in [5.41, 5.74) is 7.06. The first-order chi connectivity index (χ1) is 8.54. The summed E-state index contributed by atoms with van der Waals surface area (Å²) in [6.45, 7) is 3.70. The summed E-state index contributed by atoms with van der Waals surface area (Å²) in [5.74, 6) is 0.889. The lowest BCUT2D eigenvalue weighted by molar-refractivity contribution is 0.0596. The van der Waals surface area contributed by atoms with Crippen LogP contribution in [0.4, 0.5) is 5.82 Å². The summed E-state index contributed by atoms with van der Waals surface area (Å²) in [4.78, 5) is 19.8. The van der Waals surface area contributed by atoms with Crippen LogP contribution in [0.2, 0.25) is 0 Å². The molecular weight excluding hydrogens is 232 g/mol. The molecule has 2 N–H and O–H groups in total. The Morgan fingerprint density at radius 2 is 2.11 bits per heavy atom. The minimum atomic E-state index is -0.554. The zero-order valence-corrected chi connectivity index (χ0v) is 10.5. The lowest BCUT2D eigenvalue weighted by atomic mass is 10.3. The van der Waals surface area contributed by atoms with Gasteiger partial charge in [0.05, 0.1) is 7.11 Å². The van der Waals surface area contributed by atoms with Crippen LogP contribution < -0.4 is 5.73 Å². The number of pyridine rings is 1. The Kier molecular flexibility index (Phi) is 3.01. The standard InChI is InChI=1S/C12H14N4O2/c1-7-4-5-9(14-6-7)16-8(2)15-10(11(16)13)12(17)18-3/h4-6H,13H2,1-3H3. The van der Waals surface area contributed by atoms with Gasteiger partial charge in [-0.25, -0.2) is 14.8 Å². The van der Waals surface area contributed by atoms with E-state index in [0.29, 0.717) is 11.6 Å². The molecule has 18 heavy (non-hydrogen) atoms. The van der Waals surface area contributed by atoms with Gasteiger partial charge in [-0.1, -0.05) is 6.07 Å². The molecule has 0 saturated carbocycles. The smallest absolute Gasteiger partial charge is 0.360 e. The first-order valence-corrected chi connectivity index (χ1v) is 5.40. The maximum absolute atomic E-state index is 11.5. The lowest BCUT2D eigenvalue weighted by Crippen LogP contribution is -2.08. The Bertz CT molecular complexity index is 587. The molecule has 0 radical (unpaired) electrons. The average molecular weight is 246 g/mol.